The standard InChI is InChI=1S/C14H17N3O/c15-17-13(9-12-5-4-8-16-10-12)11-18-14-6-2-1-3-7-14/h1-8,10,13,17H,9,11,15H2. The normalized spacial score (nSPS) is 12.1. The second kappa shape index (κ2) is 6.74. The highest BCUT2D eigenvalue weighted by Crippen LogP contribution is 2.09. The minimum Gasteiger partial charge on any atom is -0.492 e. The van der Waals surface area contributed by atoms with E-state index in [4.69, 9.17) is 10.6 Å². The van der Waals surface area contributed by atoms with Crippen LogP contribution < -0.4 is 16.0 Å². The van der Waals surface area contributed by atoms with Crippen molar-refractivity contribution in [3.05, 3.63) is 60.4 Å². The van der Waals surface area contributed by atoms with Gasteiger partial charge < -0.3 is 4.74 Å². The predicted octanol–water partition coefficient (Wildman–Crippen LogP) is 1.53. The smallest absolute Gasteiger partial charge is 0.119 e. The van der Waals surface area contributed by atoms with Crippen LogP contribution in [0.15, 0.2) is 54.9 Å². The number of para-hydroxylation sites is 1. The lowest BCUT2D eigenvalue weighted by molar-refractivity contribution is 0.264. The van der Waals surface area contributed by atoms with Gasteiger partial charge in [0, 0.05) is 12.4 Å². The number of benzene rings is 1. The molecular formula is C14H17N3O. The molecule has 1 unspecified atom stereocenters. The third-order valence-corrected chi connectivity index (χ3v) is 2.63. The third-order valence-electron chi connectivity index (χ3n) is 2.63. The highest BCUT2D eigenvalue weighted by Gasteiger charge is 2.08. The Morgan fingerprint density at radius 1 is 1.17 bits per heavy atom. The zero-order valence-electron chi connectivity index (χ0n) is 10.1. The van der Waals surface area contributed by atoms with Crippen LogP contribution >= 0.6 is 0 Å². The molecule has 0 fully saturated rings. The van der Waals surface area contributed by atoms with Crippen molar-refractivity contribution in [3.63, 3.8) is 0 Å². The Bertz CT molecular complexity index is 447. The van der Waals surface area contributed by atoms with E-state index in [1.165, 1.54) is 0 Å². The van der Waals surface area contributed by atoms with E-state index in [-0.39, 0.29) is 6.04 Å². The number of aromatic nitrogens is 1. The first-order valence-corrected chi connectivity index (χ1v) is 5.91. The van der Waals surface area contributed by atoms with Gasteiger partial charge in [0.1, 0.15) is 12.4 Å². The lowest BCUT2D eigenvalue weighted by Crippen LogP contribution is -2.41. The van der Waals surface area contributed by atoms with E-state index in [0.29, 0.717) is 6.61 Å². The van der Waals surface area contributed by atoms with Gasteiger partial charge in [-0.3, -0.25) is 16.3 Å². The van der Waals surface area contributed by atoms with Gasteiger partial charge in [0.05, 0.1) is 6.04 Å². The first kappa shape index (κ1) is 12.5. The molecule has 1 atom stereocenters. The Morgan fingerprint density at radius 2 is 2.00 bits per heavy atom. The number of rotatable bonds is 6. The van der Waals surface area contributed by atoms with Gasteiger partial charge in [-0.2, -0.15) is 0 Å². The van der Waals surface area contributed by atoms with Crippen LogP contribution in [0, 0.1) is 0 Å². The van der Waals surface area contributed by atoms with Gasteiger partial charge in [-0.1, -0.05) is 24.3 Å². The molecule has 0 amide bonds. The van der Waals surface area contributed by atoms with E-state index in [1.54, 1.807) is 6.20 Å². The zero-order chi connectivity index (χ0) is 12.6. The molecule has 0 aliphatic carbocycles. The van der Waals surface area contributed by atoms with Gasteiger partial charge >= 0.3 is 0 Å². The summed E-state index contributed by atoms with van der Waals surface area (Å²) in [7, 11) is 0. The Morgan fingerprint density at radius 3 is 2.67 bits per heavy atom. The van der Waals surface area contributed by atoms with Crippen molar-refractivity contribution in [1.82, 2.24) is 10.4 Å². The van der Waals surface area contributed by atoms with Crippen LogP contribution in [-0.4, -0.2) is 17.6 Å². The van der Waals surface area contributed by atoms with Crippen molar-refractivity contribution < 1.29 is 4.74 Å². The number of nitrogens with one attached hydrogen (secondary N) is 1. The van der Waals surface area contributed by atoms with Gasteiger partial charge in [0.25, 0.3) is 0 Å². The fourth-order valence-electron chi connectivity index (χ4n) is 1.68. The van der Waals surface area contributed by atoms with Crippen molar-refractivity contribution in [3.8, 4) is 5.75 Å². The van der Waals surface area contributed by atoms with Gasteiger partial charge in [-0.15, -0.1) is 0 Å². The lowest BCUT2D eigenvalue weighted by Gasteiger charge is -2.16. The summed E-state index contributed by atoms with van der Waals surface area (Å²) in [6.45, 7) is 0.523. The number of nitrogens with two attached hydrogens (primary N) is 1. The van der Waals surface area contributed by atoms with Crippen molar-refractivity contribution in [1.29, 1.82) is 0 Å². The second-order valence-corrected chi connectivity index (χ2v) is 4.05. The number of hydrazine groups is 1. The van der Waals surface area contributed by atoms with Crippen LogP contribution in [-0.2, 0) is 6.42 Å². The molecule has 94 valence electrons. The van der Waals surface area contributed by atoms with Crippen molar-refractivity contribution in [2.75, 3.05) is 6.61 Å². The summed E-state index contributed by atoms with van der Waals surface area (Å²) in [4.78, 5) is 4.08. The molecule has 4 heteroatoms. The molecule has 1 aromatic carbocycles. The summed E-state index contributed by atoms with van der Waals surface area (Å²) < 4.78 is 5.67. The molecule has 2 aromatic rings. The van der Waals surface area contributed by atoms with Crippen LogP contribution in [0.25, 0.3) is 0 Å². The Kier molecular flexibility index (Phi) is 4.69. The molecule has 3 N–H and O–H groups in total. The first-order chi connectivity index (χ1) is 8.88. The summed E-state index contributed by atoms with van der Waals surface area (Å²) in [5.41, 5.74) is 3.90. The van der Waals surface area contributed by atoms with Crippen LogP contribution in [0.5, 0.6) is 5.75 Å². The maximum absolute atomic E-state index is 5.67. The topological polar surface area (TPSA) is 60.2 Å². The summed E-state index contributed by atoms with van der Waals surface area (Å²) in [5.74, 6) is 6.39. The molecule has 0 bridgehead atoms. The Labute approximate surface area is 107 Å². The molecule has 0 radical (unpaired) electrons. The fourth-order valence-corrected chi connectivity index (χ4v) is 1.68. The molecule has 4 nitrogen and oxygen atoms in total. The maximum Gasteiger partial charge on any atom is 0.119 e. The van der Waals surface area contributed by atoms with Crippen molar-refractivity contribution >= 4 is 0 Å². The zero-order valence-corrected chi connectivity index (χ0v) is 10.1. The summed E-state index contributed by atoms with van der Waals surface area (Å²) in [6.07, 6.45) is 4.39. The molecule has 0 spiro atoms. The Balaban J connectivity index is 1.86. The largest absolute Gasteiger partial charge is 0.492 e. The van der Waals surface area contributed by atoms with Crippen LogP contribution in [0.3, 0.4) is 0 Å². The summed E-state index contributed by atoms with van der Waals surface area (Å²) >= 11 is 0. The molecule has 0 aliphatic heterocycles. The lowest BCUT2D eigenvalue weighted by atomic mass is 10.1. The maximum atomic E-state index is 5.67. The van der Waals surface area contributed by atoms with E-state index in [2.05, 4.69) is 10.4 Å². The van der Waals surface area contributed by atoms with Gasteiger partial charge in [0.15, 0.2) is 0 Å². The van der Waals surface area contributed by atoms with Crippen molar-refractivity contribution in [2.45, 2.75) is 12.5 Å². The number of hydrogen-bond donors (Lipinski definition) is 2. The minimum atomic E-state index is 0.0643. The fraction of sp³-hybridized carbons (Fsp3) is 0.214. The number of nitrogens with zero attached hydrogens (tertiary/aromatic N) is 1. The average Bonchev–Trinajstić information content (AvgIpc) is 2.45. The van der Waals surface area contributed by atoms with Gasteiger partial charge in [-0.05, 0) is 30.2 Å². The monoisotopic (exact) mass is 243 g/mol. The van der Waals surface area contributed by atoms with Crippen LogP contribution in [0.2, 0.25) is 0 Å². The second-order valence-electron chi connectivity index (χ2n) is 4.05. The first-order valence-electron chi connectivity index (χ1n) is 5.91. The molecule has 0 saturated heterocycles. The molecule has 0 saturated carbocycles. The molecule has 2 rings (SSSR count). The predicted molar refractivity (Wildman–Crippen MR) is 71.0 cm³/mol. The Hall–Kier alpha value is -1.91. The molecular weight excluding hydrogens is 226 g/mol. The SMILES string of the molecule is NNC(COc1ccccc1)Cc1cccnc1. The van der Waals surface area contributed by atoms with Crippen molar-refractivity contribution in [2.24, 2.45) is 5.84 Å². The van der Waals surface area contributed by atoms with E-state index in [9.17, 15) is 0 Å². The summed E-state index contributed by atoms with van der Waals surface area (Å²) in [6, 6.07) is 13.7. The van der Waals surface area contributed by atoms with E-state index in [0.717, 1.165) is 17.7 Å². The van der Waals surface area contributed by atoms with Crippen LogP contribution in [0.1, 0.15) is 5.56 Å². The minimum absolute atomic E-state index is 0.0643. The molecule has 1 heterocycles. The molecule has 18 heavy (non-hydrogen) atoms. The van der Waals surface area contributed by atoms with E-state index < -0.39 is 0 Å². The number of hydrogen-bond acceptors (Lipinski definition) is 4. The quantitative estimate of drug-likeness (QED) is 0.597. The van der Waals surface area contributed by atoms with Gasteiger partial charge in [0.2, 0.25) is 0 Å². The average molecular weight is 243 g/mol. The van der Waals surface area contributed by atoms with E-state index in [1.807, 2.05) is 48.7 Å². The highest BCUT2D eigenvalue weighted by molar-refractivity contribution is 5.21. The number of ether oxygens (including phenoxy) is 1. The van der Waals surface area contributed by atoms with Gasteiger partial charge in [-0.25, -0.2) is 0 Å². The van der Waals surface area contributed by atoms with Crippen LogP contribution in [0.4, 0.5) is 0 Å². The highest BCUT2D eigenvalue weighted by atomic mass is 16.5. The van der Waals surface area contributed by atoms with E-state index >= 15 is 0 Å². The number of pyridine rings is 1. The third kappa shape index (κ3) is 3.84. The molecule has 1 aromatic heterocycles. The molecule has 0 aliphatic rings. The summed E-state index contributed by atoms with van der Waals surface area (Å²) in [5, 5.41) is 0.